The third kappa shape index (κ3) is 5.79. The molecule has 0 bridgehead atoms. The Morgan fingerprint density at radius 2 is 1.70 bits per heavy atom. The molecule has 1 fully saturated rings. The smallest absolute Gasteiger partial charge is 0.418 e. The average molecular weight is 422 g/mol. The summed E-state index contributed by atoms with van der Waals surface area (Å²) in [5.74, 6) is 0.819. The van der Waals surface area contributed by atoms with Crippen molar-refractivity contribution in [1.82, 2.24) is 10.2 Å². The van der Waals surface area contributed by atoms with Crippen LogP contribution in [0.25, 0.3) is 0 Å². The number of benzene rings is 2. The third-order valence-corrected chi connectivity index (χ3v) is 5.00. The summed E-state index contributed by atoms with van der Waals surface area (Å²) in [6.07, 6.45) is -4.52. The van der Waals surface area contributed by atoms with Gasteiger partial charge in [-0.2, -0.15) is 13.2 Å². The highest BCUT2D eigenvalue weighted by Gasteiger charge is 2.33. The highest BCUT2D eigenvalue weighted by Crippen LogP contribution is 2.34. The van der Waals surface area contributed by atoms with E-state index in [-0.39, 0.29) is 5.69 Å². The summed E-state index contributed by atoms with van der Waals surface area (Å²) >= 11 is 0. The van der Waals surface area contributed by atoms with Gasteiger partial charge in [0.1, 0.15) is 5.75 Å². The Bertz CT molecular complexity index is 835. The highest BCUT2D eigenvalue weighted by molar-refractivity contribution is 5.90. The Morgan fingerprint density at radius 3 is 2.33 bits per heavy atom. The number of alkyl halides is 3. The first-order valence-electron chi connectivity index (χ1n) is 9.69. The standard InChI is InChI=1S/C21H25F3N4O2/c1-30-17-8-6-16(7-9-17)28-14-12-27(13-15-28)11-10-25-20(29)26-19-5-3-2-4-18(19)21(22,23)24/h2-9H,10-15H2,1H3,(H2,25,26,29). The number of halogens is 3. The molecule has 1 heterocycles. The number of methoxy groups -OCH3 is 1. The van der Waals surface area contributed by atoms with Gasteiger partial charge in [0.05, 0.1) is 18.4 Å². The van der Waals surface area contributed by atoms with Gasteiger partial charge >= 0.3 is 12.2 Å². The van der Waals surface area contributed by atoms with Crippen LogP contribution < -0.4 is 20.3 Å². The number of nitrogens with zero attached hydrogens (tertiary/aromatic N) is 2. The van der Waals surface area contributed by atoms with E-state index < -0.39 is 17.8 Å². The van der Waals surface area contributed by atoms with Crippen molar-refractivity contribution in [3.8, 4) is 5.75 Å². The van der Waals surface area contributed by atoms with Gasteiger partial charge in [-0.25, -0.2) is 4.79 Å². The van der Waals surface area contributed by atoms with Crippen molar-refractivity contribution in [2.45, 2.75) is 6.18 Å². The monoisotopic (exact) mass is 422 g/mol. The molecule has 0 radical (unpaired) electrons. The van der Waals surface area contributed by atoms with E-state index in [1.54, 1.807) is 7.11 Å². The van der Waals surface area contributed by atoms with E-state index in [1.165, 1.54) is 18.2 Å². The number of anilines is 2. The normalized spacial score (nSPS) is 15.0. The van der Waals surface area contributed by atoms with E-state index in [9.17, 15) is 18.0 Å². The molecule has 0 saturated carbocycles. The number of amides is 2. The predicted octanol–water partition coefficient (Wildman–Crippen LogP) is 3.66. The number of urea groups is 1. The summed E-state index contributed by atoms with van der Waals surface area (Å²) in [5.41, 5.74) is 0.0155. The minimum atomic E-state index is -4.52. The van der Waals surface area contributed by atoms with E-state index in [0.29, 0.717) is 13.1 Å². The van der Waals surface area contributed by atoms with Gasteiger partial charge in [0.2, 0.25) is 0 Å². The topological polar surface area (TPSA) is 56.8 Å². The highest BCUT2D eigenvalue weighted by atomic mass is 19.4. The van der Waals surface area contributed by atoms with E-state index >= 15 is 0 Å². The zero-order valence-corrected chi connectivity index (χ0v) is 16.7. The molecule has 9 heteroatoms. The van der Waals surface area contributed by atoms with Crippen molar-refractivity contribution in [2.24, 2.45) is 0 Å². The largest absolute Gasteiger partial charge is 0.497 e. The molecule has 2 aromatic carbocycles. The lowest BCUT2D eigenvalue weighted by Crippen LogP contribution is -2.48. The fraction of sp³-hybridized carbons (Fsp3) is 0.381. The Morgan fingerprint density at radius 1 is 1.03 bits per heavy atom. The second-order valence-corrected chi connectivity index (χ2v) is 6.95. The molecule has 0 aliphatic carbocycles. The minimum Gasteiger partial charge on any atom is -0.497 e. The lowest BCUT2D eigenvalue weighted by molar-refractivity contribution is -0.136. The predicted molar refractivity (Wildman–Crippen MR) is 110 cm³/mol. The Kier molecular flexibility index (Phi) is 7.04. The van der Waals surface area contributed by atoms with Crippen molar-refractivity contribution in [3.63, 3.8) is 0 Å². The lowest BCUT2D eigenvalue weighted by atomic mass is 10.1. The molecule has 0 atom stereocenters. The van der Waals surface area contributed by atoms with E-state index in [4.69, 9.17) is 4.74 Å². The molecule has 0 spiro atoms. The van der Waals surface area contributed by atoms with Gasteiger partial charge in [-0.05, 0) is 36.4 Å². The molecule has 1 aliphatic rings. The van der Waals surface area contributed by atoms with Crippen LogP contribution in [-0.2, 0) is 6.18 Å². The summed E-state index contributed by atoms with van der Waals surface area (Å²) in [4.78, 5) is 16.5. The van der Waals surface area contributed by atoms with Crippen LogP contribution in [0.15, 0.2) is 48.5 Å². The first-order valence-corrected chi connectivity index (χ1v) is 9.69. The Labute approximate surface area is 173 Å². The number of ether oxygens (including phenoxy) is 1. The van der Waals surface area contributed by atoms with E-state index in [0.717, 1.165) is 43.7 Å². The SMILES string of the molecule is COc1ccc(N2CCN(CCNC(=O)Nc3ccccc3C(F)(F)F)CC2)cc1. The number of carbonyl (C=O) groups excluding carboxylic acids is 1. The average Bonchev–Trinajstić information content (AvgIpc) is 2.74. The summed E-state index contributed by atoms with van der Waals surface area (Å²) in [6, 6.07) is 12.2. The number of nitrogens with one attached hydrogen (secondary N) is 2. The molecule has 3 rings (SSSR count). The number of piperazine rings is 1. The quantitative estimate of drug-likeness (QED) is 0.746. The Balaban J connectivity index is 1.41. The van der Waals surface area contributed by atoms with Crippen molar-refractivity contribution in [1.29, 1.82) is 0 Å². The summed E-state index contributed by atoms with van der Waals surface area (Å²) < 4.78 is 44.2. The zero-order valence-electron chi connectivity index (χ0n) is 16.7. The molecule has 0 unspecified atom stereocenters. The summed E-state index contributed by atoms with van der Waals surface area (Å²) in [7, 11) is 1.64. The molecule has 1 saturated heterocycles. The second kappa shape index (κ2) is 9.71. The molecular formula is C21H25F3N4O2. The molecule has 2 aromatic rings. The van der Waals surface area contributed by atoms with Crippen LogP contribution in [0.4, 0.5) is 29.3 Å². The summed E-state index contributed by atoms with van der Waals surface area (Å²) in [5, 5.41) is 4.91. The van der Waals surface area contributed by atoms with Crippen LogP contribution in [0.2, 0.25) is 0 Å². The van der Waals surface area contributed by atoms with Crippen LogP contribution >= 0.6 is 0 Å². The zero-order chi connectivity index (χ0) is 21.6. The Hall–Kier alpha value is -2.94. The van der Waals surface area contributed by atoms with Crippen LogP contribution in [0, 0.1) is 0 Å². The molecule has 2 N–H and O–H groups in total. The lowest BCUT2D eigenvalue weighted by Gasteiger charge is -2.36. The maximum atomic E-state index is 13.0. The minimum absolute atomic E-state index is 0.254. The van der Waals surface area contributed by atoms with Gasteiger partial charge in [-0.1, -0.05) is 12.1 Å². The van der Waals surface area contributed by atoms with Crippen molar-refractivity contribution in [3.05, 3.63) is 54.1 Å². The molecule has 6 nitrogen and oxygen atoms in total. The fourth-order valence-corrected chi connectivity index (χ4v) is 3.36. The van der Waals surface area contributed by atoms with Crippen molar-refractivity contribution in [2.75, 3.05) is 56.6 Å². The third-order valence-electron chi connectivity index (χ3n) is 5.00. The number of hydrogen-bond donors (Lipinski definition) is 2. The molecule has 2 amide bonds. The maximum Gasteiger partial charge on any atom is 0.418 e. The molecule has 1 aliphatic heterocycles. The fourth-order valence-electron chi connectivity index (χ4n) is 3.36. The van der Waals surface area contributed by atoms with Gasteiger partial charge in [-0.15, -0.1) is 0 Å². The molecule has 162 valence electrons. The van der Waals surface area contributed by atoms with Gasteiger partial charge < -0.3 is 20.3 Å². The molecule has 30 heavy (non-hydrogen) atoms. The number of rotatable bonds is 6. The van der Waals surface area contributed by atoms with Crippen LogP contribution in [0.1, 0.15) is 5.56 Å². The first kappa shape index (κ1) is 21.8. The maximum absolute atomic E-state index is 13.0. The van der Waals surface area contributed by atoms with Gasteiger partial charge in [0, 0.05) is 45.0 Å². The van der Waals surface area contributed by atoms with Crippen LogP contribution in [0.3, 0.4) is 0 Å². The second-order valence-electron chi connectivity index (χ2n) is 6.95. The van der Waals surface area contributed by atoms with Gasteiger partial charge in [0.15, 0.2) is 0 Å². The van der Waals surface area contributed by atoms with Gasteiger partial charge in [-0.3, -0.25) is 4.90 Å². The number of para-hydroxylation sites is 1. The molecule has 0 aromatic heterocycles. The summed E-state index contributed by atoms with van der Waals surface area (Å²) in [6.45, 7) is 4.38. The first-order chi connectivity index (χ1) is 14.4. The van der Waals surface area contributed by atoms with Crippen molar-refractivity contribution >= 4 is 17.4 Å². The van der Waals surface area contributed by atoms with E-state index in [2.05, 4.69) is 20.4 Å². The number of hydrogen-bond acceptors (Lipinski definition) is 4. The van der Waals surface area contributed by atoms with Crippen molar-refractivity contribution < 1.29 is 22.7 Å². The van der Waals surface area contributed by atoms with Gasteiger partial charge in [0.25, 0.3) is 0 Å². The van der Waals surface area contributed by atoms with Crippen LogP contribution in [0.5, 0.6) is 5.75 Å². The van der Waals surface area contributed by atoms with E-state index in [1.807, 2.05) is 24.3 Å². The van der Waals surface area contributed by atoms with Crippen LogP contribution in [-0.4, -0.2) is 57.3 Å². The number of carbonyl (C=O) groups is 1. The molecular weight excluding hydrogens is 397 g/mol.